The number of rotatable bonds is 7. The van der Waals surface area contributed by atoms with Crippen molar-refractivity contribution in [1.29, 1.82) is 0 Å². The summed E-state index contributed by atoms with van der Waals surface area (Å²) in [6.45, 7) is 19.3. The molecule has 6 rings (SSSR count). The SMILES string of the molecule is C=C1CCc2cc(CCCN3CCC4(CC3)C(=C)Nc3ccc(CC)cc34)cnc2N1C1CC(C)(CC)C1. The Balaban J connectivity index is 1.04. The first-order valence-corrected chi connectivity index (χ1v) is 15.1. The first kappa shape index (κ1) is 25.7. The van der Waals surface area contributed by atoms with Gasteiger partial charge < -0.3 is 15.1 Å². The molecule has 4 aliphatic rings. The minimum Gasteiger partial charge on any atom is -0.358 e. The second kappa shape index (κ2) is 9.86. The second-order valence-corrected chi connectivity index (χ2v) is 12.9. The Morgan fingerprint density at radius 3 is 2.58 bits per heavy atom. The molecule has 0 bridgehead atoms. The number of anilines is 2. The lowest BCUT2D eigenvalue weighted by molar-refractivity contribution is 0.119. The van der Waals surface area contributed by atoms with E-state index in [1.165, 1.54) is 70.8 Å². The number of allylic oxidation sites excluding steroid dienone is 2. The van der Waals surface area contributed by atoms with E-state index in [1.807, 2.05) is 0 Å². The van der Waals surface area contributed by atoms with E-state index in [2.05, 4.69) is 79.5 Å². The van der Waals surface area contributed by atoms with Crippen LogP contribution >= 0.6 is 0 Å². The fraction of sp³-hybridized carbons (Fsp3) is 0.559. The molecule has 1 aromatic carbocycles. The van der Waals surface area contributed by atoms with Crippen LogP contribution in [0.1, 0.15) is 88.0 Å². The predicted octanol–water partition coefficient (Wildman–Crippen LogP) is 7.39. The molecular weight excluding hydrogens is 464 g/mol. The van der Waals surface area contributed by atoms with Crippen LogP contribution in [0.15, 0.2) is 55.0 Å². The molecule has 1 aromatic heterocycles. The Hall–Kier alpha value is -2.59. The third kappa shape index (κ3) is 4.39. The molecule has 4 heterocycles. The van der Waals surface area contributed by atoms with Gasteiger partial charge in [0.1, 0.15) is 5.82 Å². The number of piperidine rings is 1. The fourth-order valence-corrected chi connectivity index (χ4v) is 7.62. The summed E-state index contributed by atoms with van der Waals surface area (Å²) in [7, 11) is 0. The molecule has 2 aromatic rings. The number of aromatic nitrogens is 1. The number of nitrogens with one attached hydrogen (secondary N) is 1. The maximum Gasteiger partial charge on any atom is 0.136 e. The van der Waals surface area contributed by atoms with Gasteiger partial charge in [-0.2, -0.15) is 0 Å². The average Bonchev–Trinajstić information content (AvgIpc) is 3.18. The van der Waals surface area contributed by atoms with E-state index < -0.39 is 0 Å². The van der Waals surface area contributed by atoms with Crippen LogP contribution in [-0.2, 0) is 24.7 Å². The zero-order valence-electron chi connectivity index (χ0n) is 23.9. The van der Waals surface area contributed by atoms with Crippen molar-refractivity contribution in [3.05, 3.63) is 77.3 Å². The third-order valence-corrected chi connectivity index (χ3v) is 10.4. The summed E-state index contributed by atoms with van der Waals surface area (Å²) < 4.78 is 0. The monoisotopic (exact) mass is 510 g/mol. The second-order valence-electron chi connectivity index (χ2n) is 12.9. The van der Waals surface area contributed by atoms with Crippen LogP contribution in [0.25, 0.3) is 0 Å². The maximum atomic E-state index is 5.02. The van der Waals surface area contributed by atoms with E-state index in [4.69, 9.17) is 4.98 Å². The maximum absolute atomic E-state index is 5.02. The van der Waals surface area contributed by atoms with E-state index in [0.717, 1.165) is 58.2 Å². The van der Waals surface area contributed by atoms with E-state index >= 15 is 0 Å². The third-order valence-electron chi connectivity index (χ3n) is 10.4. The highest BCUT2D eigenvalue weighted by molar-refractivity contribution is 5.69. The number of hydrogen-bond acceptors (Lipinski definition) is 4. The minimum absolute atomic E-state index is 0.115. The highest BCUT2D eigenvalue weighted by Crippen LogP contribution is 2.50. The number of pyridine rings is 1. The molecule has 1 N–H and O–H groups in total. The molecule has 0 amide bonds. The number of hydrogen-bond donors (Lipinski definition) is 1. The Morgan fingerprint density at radius 1 is 1.05 bits per heavy atom. The molecule has 4 nitrogen and oxygen atoms in total. The lowest BCUT2D eigenvalue weighted by atomic mass is 9.64. The van der Waals surface area contributed by atoms with E-state index in [1.54, 1.807) is 0 Å². The van der Waals surface area contributed by atoms with Crippen LogP contribution < -0.4 is 10.2 Å². The Kier molecular flexibility index (Phi) is 6.66. The lowest BCUT2D eigenvalue weighted by Gasteiger charge is -2.52. The predicted molar refractivity (Wildman–Crippen MR) is 160 cm³/mol. The summed E-state index contributed by atoms with van der Waals surface area (Å²) in [6.07, 6.45) is 13.8. The molecular formula is C34H46N4. The Labute approximate surface area is 230 Å². The molecule has 0 unspecified atom stereocenters. The van der Waals surface area contributed by atoms with Crippen molar-refractivity contribution in [3.8, 4) is 0 Å². The van der Waals surface area contributed by atoms with Crippen LogP contribution in [0, 0.1) is 5.41 Å². The summed E-state index contributed by atoms with van der Waals surface area (Å²) in [6, 6.07) is 9.98. The van der Waals surface area contributed by atoms with Crippen molar-refractivity contribution in [1.82, 2.24) is 9.88 Å². The smallest absolute Gasteiger partial charge is 0.136 e. The molecule has 0 radical (unpaired) electrons. The van der Waals surface area contributed by atoms with Crippen molar-refractivity contribution in [2.24, 2.45) is 5.41 Å². The van der Waals surface area contributed by atoms with E-state index in [9.17, 15) is 0 Å². The van der Waals surface area contributed by atoms with E-state index in [0.29, 0.717) is 11.5 Å². The summed E-state index contributed by atoms with van der Waals surface area (Å²) in [5.74, 6) is 1.19. The topological polar surface area (TPSA) is 31.4 Å². The molecule has 1 saturated heterocycles. The molecule has 1 spiro atoms. The number of nitrogens with zero attached hydrogens (tertiary/aromatic N) is 3. The summed E-state index contributed by atoms with van der Waals surface area (Å²) in [5.41, 5.74) is 10.1. The summed E-state index contributed by atoms with van der Waals surface area (Å²) in [4.78, 5) is 10.2. The van der Waals surface area contributed by atoms with Crippen molar-refractivity contribution in [2.75, 3.05) is 29.9 Å². The molecule has 0 atom stereocenters. The van der Waals surface area contributed by atoms with Crippen LogP contribution in [0.3, 0.4) is 0 Å². The van der Waals surface area contributed by atoms with Crippen LogP contribution in [0.2, 0.25) is 0 Å². The van der Waals surface area contributed by atoms with Gasteiger partial charge in [-0.25, -0.2) is 4.98 Å². The van der Waals surface area contributed by atoms with Gasteiger partial charge in [0, 0.05) is 34.7 Å². The van der Waals surface area contributed by atoms with Gasteiger partial charge >= 0.3 is 0 Å². The van der Waals surface area contributed by atoms with Crippen molar-refractivity contribution in [2.45, 2.75) is 96.4 Å². The highest BCUT2D eigenvalue weighted by Gasteiger charge is 2.45. The van der Waals surface area contributed by atoms with Crippen molar-refractivity contribution < 1.29 is 0 Å². The van der Waals surface area contributed by atoms with Gasteiger partial charge in [0.2, 0.25) is 0 Å². The summed E-state index contributed by atoms with van der Waals surface area (Å²) in [5, 5.41) is 3.61. The summed E-state index contributed by atoms with van der Waals surface area (Å²) >= 11 is 0. The molecule has 4 heteroatoms. The number of benzene rings is 1. The molecule has 1 aliphatic carbocycles. The molecule has 2 fully saturated rings. The van der Waals surface area contributed by atoms with Gasteiger partial charge in [0.05, 0.1) is 0 Å². The van der Waals surface area contributed by atoms with Gasteiger partial charge in [-0.3, -0.25) is 0 Å². The zero-order chi connectivity index (χ0) is 26.5. The molecule has 38 heavy (non-hydrogen) atoms. The normalized spacial score (nSPS) is 26.2. The molecule has 1 saturated carbocycles. The first-order valence-electron chi connectivity index (χ1n) is 15.1. The van der Waals surface area contributed by atoms with E-state index in [-0.39, 0.29) is 5.41 Å². The largest absolute Gasteiger partial charge is 0.358 e. The van der Waals surface area contributed by atoms with Gasteiger partial charge in [-0.1, -0.05) is 58.5 Å². The number of aryl methyl sites for hydroxylation is 3. The van der Waals surface area contributed by atoms with Crippen molar-refractivity contribution in [3.63, 3.8) is 0 Å². The number of likely N-dealkylation sites (tertiary alicyclic amines) is 1. The Bertz CT molecular complexity index is 1230. The van der Waals surface area contributed by atoms with Gasteiger partial charge in [-0.05, 0) is 111 Å². The standard InChI is InChI=1S/C34H46N4/c1-6-26-11-13-31-30(20-26)34(25(4)36-31)14-17-37(18-15-34)16-8-9-27-19-28-12-10-24(3)38(32(28)35-23-27)29-21-33(5,7-2)22-29/h11,13,19-20,23,29,36H,3-4,6-10,12,14-18,21-22H2,1-2,5H3. The number of fused-ring (bicyclic) bond motifs is 3. The van der Waals surface area contributed by atoms with Gasteiger partial charge in [0.15, 0.2) is 0 Å². The average molecular weight is 511 g/mol. The quantitative estimate of drug-likeness (QED) is 0.421. The molecule has 3 aliphatic heterocycles. The van der Waals surface area contributed by atoms with Gasteiger partial charge in [-0.15, -0.1) is 0 Å². The Morgan fingerprint density at radius 2 is 1.84 bits per heavy atom. The zero-order valence-corrected chi connectivity index (χ0v) is 23.9. The lowest BCUT2D eigenvalue weighted by Crippen LogP contribution is -2.50. The van der Waals surface area contributed by atoms with Crippen LogP contribution in [0.5, 0.6) is 0 Å². The fourth-order valence-electron chi connectivity index (χ4n) is 7.62. The van der Waals surface area contributed by atoms with Crippen LogP contribution in [0.4, 0.5) is 11.5 Å². The van der Waals surface area contributed by atoms with Gasteiger partial charge in [0.25, 0.3) is 0 Å². The van der Waals surface area contributed by atoms with Crippen LogP contribution in [-0.4, -0.2) is 35.6 Å². The minimum atomic E-state index is 0.115. The van der Waals surface area contributed by atoms with Crippen molar-refractivity contribution >= 4 is 11.5 Å². The molecule has 202 valence electrons. The highest BCUT2D eigenvalue weighted by atomic mass is 15.2. The first-order chi connectivity index (χ1) is 18.3.